The van der Waals surface area contributed by atoms with Crippen molar-refractivity contribution in [2.45, 2.75) is 25.8 Å². The number of fused-ring (bicyclic) bond motifs is 1. The third kappa shape index (κ3) is 2.90. The van der Waals surface area contributed by atoms with Crippen molar-refractivity contribution in [3.63, 3.8) is 0 Å². The van der Waals surface area contributed by atoms with Gasteiger partial charge in [-0.05, 0) is 49.9 Å². The Bertz CT molecular complexity index is 1010. The zero-order valence-corrected chi connectivity index (χ0v) is 14.1. The number of hydrogen-bond donors (Lipinski definition) is 2. The van der Waals surface area contributed by atoms with E-state index in [-0.39, 0.29) is 11.6 Å². The van der Waals surface area contributed by atoms with E-state index in [4.69, 9.17) is 0 Å². The average molecular weight is 351 g/mol. The largest absolute Gasteiger partial charge is 0.480 e. The van der Waals surface area contributed by atoms with Crippen LogP contribution in [0.25, 0.3) is 16.6 Å². The number of hydrogen-bond acceptors (Lipinski definition) is 5. The van der Waals surface area contributed by atoms with Crippen molar-refractivity contribution in [1.82, 2.24) is 25.3 Å². The quantitative estimate of drug-likeness (QED) is 0.724. The second-order valence-electron chi connectivity index (χ2n) is 6.44. The predicted octanol–water partition coefficient (Wildman–Crippen LogP) is 1.72. The summed E-state index contributed by atoms with van der Waals surface area (Å²) in [6, 6.07) is 8.55. The van der Waals surface area contributed by atoms with E-state index in [0.29, 0.717) is 5.69 Å². The molecule has 132 valence electrons. The standard InChI is InChI=1S/C18H17N5O3/c1-10-15(17(24)20-16(18(25)26)11-4-5-11)21-22-23(10)13-6-7-14-12(9-13)3-2-8-19-14/h2-3,6-9,11,16H,4-5H2,1H3,(H,20,24)(H,25,26). The lowest BCUT2D eigenvalue weighted by molar-refractivity contribution is -0.139. The van der Waals surface area contributed by atoms with Gasteiger partial charge >= 0.3 is 5.97 Å². The van der Waals surface area contributed by atoms with Crippen LogP contribution in [0.4, 0.5) is 0 Å². The minimum absolute atomic E-state index is 0.000196. The molecule has 1 aliphatic carbocycles. The molecule has 2 N–H and O–H groups in total. The van der Waals surface area contributed by atoms with Crippen LogP contribution in [-0.4, -0.2) is 43.0 Å². The molecule has 26 heavy (non-hydrogen) atoms. The number of nitrogens with one attached hydrogen (secondary N) is 1. The molecule has 0 bridgehead atoms. The monoisotopic (exact) mass is 351 g/mol. The Labute approximate surface area is 148 Å². The molecular weight excluding hydrogens is 334 g/mol. The fourth-order valence-electron chi connectivity index (χ4n) is 3.00. The fourth-order valence-corrected chi connectivity index (χ4v) is 3.00. The van der Waals surface area contributed by atoms with Crippen LogP contribution < -0.4 is 5.32 Å². The minimum Gasteiger partial charge on any atom is -0.480 e. The molecule has 1 aromatic carbocycles. The van der Waals surface area contributed by atoms with Crippen LogP contribution in [0.2, 0.25) is 0 Å². The van der Waals surface area contributed by atoms with Gasteiger partial charge in [-0.2, -0.15) is 0 Å². The third-order valence-corrected chi connectivity index (χ3v) is 4.59. The average Bonchev–Trinajstić information content (AvgIpc) is 3.40. The van der Waals surface area contributed by atoms with Crippen LogP contribution in [0.3, 0.4) is 0 Å². The van der Waals surface area contributed by atoms with Crippen LogP contribution >= 0.6 is 0 Å². The molecule has 1 aliphatic rings. The Morgan fingerprint density at radius 2 is 2.12 bits per heavy atom. The SMILES string of the molecule is Cc1c(C(=O)NC(C(=O)O)C2CC2)nnn1-c1ccc2ncccc2c1. The van der Waals surface area contributed by atoms with Crippen molar-refractivity contribution in [3.8, 4) is 5.69 Å². The number of carbonyl (C=O) groups is 2. The number of aliphatic carboxylic acids is 1. The van der Waals surface area contributed by atoms with Crippen molar-refractivity contribution in [2.24, 2.45) is 5.92 Å². The maximum Gasteiger partial charge on any atom is 0.326 e. The van der Waals surface area contributed by atoms with E-state index in [1.165, 1.54) is 0 Å². The van der Waals surface area contributed by atoms with Crippen molar-refractivity contribution in [1.29, 1.82) is 0 Å². The minimum atomic E-state index is -1.02. The summed E-state index contributed by atoms with van der Waals surface area (Å²) in [5.41, 5.74) is 2.29. The van der Waals surface area contributed by atoms with Gasteiger partial charge in [0.1, 0.15) is 6.04 Å². The van der Waals surface area contributed by atoms with Crippen molar-refractivity contribution in [3.05, 3.63) is 47.9 Å². The molecule has 0 saturated heterocycles. The highest BCUT2D eigenvalue weighted by Crippen LogP contribution is 2.33. The van der Waals surface area contributed by atoms with Gasteiger partial charge in [0.25, 0.3) is 5.91 Å². The molecule has 1 atom stereocenters. The Morgan fingerprint density at radius 3 is 2.85 bits per heavy atom. The van der Waals surface area contributed by atoms with Crippen molar-refractivity contribution >= 4 is 22.8 Å². The molecule has 8 heteroatoms. The highest BCUT2D eigenvalue weighted by atomic mass is 16.4. The Hall–Kier alpha value is -3.29. The summed E-state index contributed by atoms with van der Waals surface area (Å²) >= 11 is 0. The lowest BCUT2D eigenvalue weighted by Crippen LogP contribution is -2.42. The first-order valence-electron chi connectivity index (χ1n) is 8.36. The van der Waals surface area contributed by atoms with Gasteiger partial charge in [0.15, 0.2) is 5.69 Å². The van der Waals surface area contributed by atoms with E-state index < -0.39 is 17.9 Å². The molecule has 4 rings (SSSR count). The van der Waals surface area contributed by atoms with Gasteiger partial charge in [-0.3, -0.25) is 9.78 Å². The molecular formula is C18H17N5O3. The second-order valence-corrected chi connectivity index (χ2v) is 6.44. The van der Waals surface area contributed by atoms with Crippen LogP contribution in [-0.2, 0) is 4.79 Å². The van der Waals surface area contributed by atoms with Gasteiger partial charge in [0.05, 0.1) is 16.9 Å². The van der Waals surface area contributed by atoms with E-state index in [1.807, 2.05) is 30.3 Å². The molecule has 1 saturated carbocycles. The maximum absolute atomic E-state index is 12.5. The van der Waals surface area contributed by atoms with Crippen molar-refractivity contribution < 1.29 is 14.7 Å². The molecule has 8 nitrogen and oxygen atoms in total. The smallest absolute Gasteiger partial charge is 0.326 e. The molecule has 2 heterocycles. The van der Waals surface area contributed by atoms with Gasteiger partial charge in [0, 0.05) is 11.6 Å². The highest BCUT2D eigenvalue weighted by Gasteiger charge is 2.38. The first kappa shape index (κ1) is 16.2. The first-order valence-corrected chi connectivity index (χ1v) is 8.36. The summed E-state index contributed by atoms with van der Waals surface area (Å²) in [6.45, 7) is 1.73. The normalized spacial score (nSPS) is 15.0. The van der Waals surface area contributed by atoms with Crippen LogP contribution in [0, 0.1) is 12.8 Å². The lowest BCUT2D eigenvalue weighted by Gasteiger charge is -2.12. The number of pyridine rings is 1. The number of amides is 1. The Kier molecular flexibility index (Phi) is 3.87. The van der Waals surface area contributed by atoms with E-state index in [9.17, 15) is 14.7 Å². The number of nitrogens with zero attached hydrogens (tertiary/aromatic N) is 4. The third-order valence-electron chi connectivity index (χ3n) is 4.59. The fraction of sp³-hybridized carbons (Fsp3) is 0.278. The number of carboxylic acid groups (broad SMARTS) is 1. The molecule has 1 unspecified atom stereocenters. The molecule has 0 aliphatic heterocycles. The molecule has 2 aromatic heterocycles. The van der Waals surface area contributed by atoms with Crippen LogP contribution in [0.1, 0.15) is 29.0 Å². The topological polar surface area (TPSA) is 110 Å². The van der Waals surface area contributed by atoms with Crippen LogP contribution in [0.5, 0.6) is 0 Å². The van der Waals surface area contributed by atoms with Gasteiger partial charge < -0.3 is 10.4 Å². The summed E-state index contributed by atoms with van der Waals surface area (Å²) in [4.78, 5) is 28.1. The molecule has 0 spiro atoms. The van der Waals surface area contributed by atoms with E-state index in [0.717, 1.165) is 29.4 Å². The summed E-state index contributed by atoms with van der Waals surface area (Å²) in [5.74, 6) is -1.54. The van der Waals surface area contributed by atoms with Gasteiger partial charge in [-0.25, -0.2) is 9.48 Å². The number of rotatable bonds is 5. The number of aromatic nitrogens is 4. The van der Waals surface area contributed by atoms with Gasteiger partial charge in [-0.15, -0.1) is 5.10 Å². The number of carboxylic acids is 1. The molecule has 1 amide bonds. The molecule has 1 fully saturated rings. The first-order chi connectivity index (χ1) is 12.5. The predicted molar refractivity (Wildman–Crippen MR) is 93.0 cm³/mol. The molecule has 0 radical (unpaired) electrons. The number of carbonyl (C=O) groups excluding carboxylic acids is 1. The van der Waals surface area contributed by atoms with Crippen LogP contribution in [0.15, 0.2) is 36.5 Å². The zero-order chi connectivity index (χ0) is 18.3. The number of benzene rings is 1. The van der Waals surface area contributed by atoms with Gasteiger partial charge in [0.2, 0.25) is 0 Å². The van der Waals surface area contributed by atoms with Crippen molar-refractivity contribution in [2.75, 3.05) is 0 Å². The Balaban J connectivity index is 1.62. The highest BCUT2D eigenvalue weighted by molar-refractivity contribution is 5.96. The van der Waals surface area contributed by atoms with Gasteiger partial charge in [-0.1, -0.05) is 11.3 Å². The van der Waals surface area contributed by atoms with E-state index in [1.54, 1.807) is 17.8 Å². The van der Waals surface area contributed by atoms with E-state index in [2.05, 4.69) is 20.6 Å². The lowest BCUT2D eigenvalue weighted by atomic mass is 10.1. The molecule has 3 aromatic rings. The summed E-state index contributed by atoms with van der Waals surface area (Å²) < 4.78 is 1.56. The zero-order valence-electron chi connectivity index (χ0n) is 14.1. The maximum atomic E-state index is 12.5. The summed E-state index contributed by atoms with van der Waals surface area (Å²) in [7, 11) is 0. The second kappa shape index (κ2) is 6.21. The van der Waals surface area contributed by atoms with E-state index >= 15 is 0 Å². The summed E-state index contributed by atoms with van der Waals surface area (Å²) in [5, 5.41) is 20.8. The summed E-state index contributed by atoms with van der Waals surface area (Å²) in [6.07, 6.45) is 3.35. The Morgan fingerprint density at radius 1 is 1.31 bits per heavy atom.